The van der Waals surface area contributed by atoms with E-state index in [9.17, 15) is 12.8 Å². The Morgan fingerprint density at radius 1 is 1.00 bits per heavy atom. The first-order valence-electron chi connectivity index (χ1n) is 8.66. The number of hydrogen-bond donors (Lipinski definition) is 1. The van der Waals surface area contributed by atoms with Crippen molar-refractivity contribution in [2.45, 2.75) is 50.7 Å². The number of anilines is 1. The number of aryl methyl sites for hydroxylation is 1. The predicted octanol–water partition coefficient (Wildman–Crippen LogP) is 3.23. The van der Waals surface area contributed by atoms with Gasteiger partial charge in [-0.1, -0.05) is 24.3 Å². The van der Waals surface area contributed by atoms with Crippen LogP contribution in [-0.4, -0.2) is 26.7 Å². The van der Waals surface area contributed by atoms with Crippen molar-refractivity contribution in [3.63, 3.8) is 0 Å². The van der Waals surface area contributed by atoms with Crippen LogP contribution in [-0.2, 0) is 19.3 Å². The first-order valence-corrected chi connectivity index (χ1v) is 10.1. The first kappa shape index (κ1) is 19.9. The second-order valence-electron chi connectivity index (χ2n) is 7.70. The van der Waals surface area contributed by atoms with Crippen molar-refractivity contribution < 1.29 is 22.1 Å². The van der Waals surface area contributed by atoms with E-state index in [2.05, 4.69) is 4.72 Å². The fourth-order valence-electron chi connectivity index (χ4n) is 2.80. The molecule has 0 aliphatic carbocycles. The van der Waals surface area contributed by atoms with Crippen LogP contribution in [0.1, 0.15) is 33.3 Å². The van der Waals surface area contributed by atoms with Gasteiger partial charge in [0.25, 0.3) is 10.0 Å². The van der Waals surface area contributed by atoms with E-state index in [4.69, 9.17) is 9.31 Å². The number of benzene rings is 2. The second-order valence-corrected chi connectivity index (χ2v) is 9.35. The van der Waals surface area contributed by atoms with Crippen LogP contribution in [0.4, 0.5) is 10.1 Å². The van der Waals surface area contributed by atoms with Crippen molar-refractivity contribution in [3.05, 3.63) is 53.8 Å². The van der Waals surface area contributed by atoms with Crippen molar-refractivity contribution in [1.29, 1.82) is 0 Å². The fourth-order valence-corrected chi connectivity index (χ4v) is 4.11. The Kier molecular flexibility index (Phi) is 4.86. The molecule has 1 aliphatic heterocycles. The highest BCUT2D eigenvalue weighted by Crippen LogP contribution is 2.36. The third kappa shape index (κ3) is 3.74. The molecule has 0 unspecified atom stereocenters. The standard InChI is InChI=1S/C19H23BFNO4S/c1-13-8-6-7-9-17(13)27(23,24)22-16-11-10-14(12-15(16)21)20-25-18(2,3)19(4,5)26-20/h6-12,22H,1-5H3. The molecule has 5 nitrogen and oxygen atoms in total. The molecule has 0 spiro atoms. The number of sulfonamides is 1. The minimum Gasteiger partial charge on any atom is -0.399 e. The van der Waals surface area contributed by atoms with Crippen LogP contribution < -0.4 is 10.2 Å². The van der Waals surface area contributed by atoms with E-state index in [1.165, 1.54) is 18.2 Å². The normalized spacial score (nSPS) is 18.5. The summed E-state index contributed by atoms with van der Waals surface area (Å²) in [6.07, 6.45) is 0. The summed E-state index contributed by atoms with van der Waals surface area (Å²) in [5.41, 5.74) is -0.138. The lowest BCUT2D eigenvalue weighted by Crippen LogP contribution is -2.41. The van der Waals surface area contributed by atoms with E-state index in [1.807, 2.05) is 27.7 Å². The van der Waals surface area contributed by atoms with Gasteiger partial charge in [-0.25, -0.2) is 12.8 Å². The van der Waals surface area contributed by atoms with Gasteiger partial charge in [0.1, 0.15) is 5.82 Å². The molecule has 0 bridgehead atoms. The molecular formula is C19H23BFNO4S. The van der Waals surface area contributed by atoms with E-state index < -0.39 is 34.2 Å². The lowest BCUT2D eigenvalue weighted by atomic mass is 9.79. The lowest BCUT2D eigenvalue weighted by Gasteiger charge is -2.32. The van der Waals surface area contributed by atoms with Crippen molar-refractivity contribution in [3.8, 4) is 0 Å². The molecule has 144 valence electrons. The maximum Gasteiger partial charge on any atom is 0.494 e. The van der Waals surface area contributed by atoms with Crippen LogP contribution in [0.2, 0.25) is 0 Å². The zero-order valence-electron chi connectivity index (χ0n) is 16.0. The largest absolute Gasteiger partial charge is 0.494 e. The van der Waals surface area contributed by atoms with E-state index >= 15 is 0 Å². The molecule has 1 saturated heterocycles. The molecule has 8 heteroatoms. The molecule has 2 aromatic carbocycles. The molecule has 27 heavy (non-hydrogen) atoms. The van der Waals surface area contributed by atoms with Crippen LogP contribution in [0.5, 0.6) is 0 Å². The lowest BCUT2D eigenvalue weighted by molar-refractivity contribution is 0.00578. The van der Waals surface area contributed by atoms with Crippen LogP contribution in [0.3, 0.4) is 0 Å². The number of halogens is 1. The Balaban J connectivity index is 1.85. The highest BCUT2D eigenvalue weighted by molar-refractivity contribution is 7.92. The van der Waals surface area contributed by atoms with Crippen LogP contribution in [0.15, 0.2) is 47.4 Å². The third-order valence-electron chi connectivity index (χ3n) is 5.15. The maximum absolute atomic E-state index is 14.6. The highest BCUT2D eigenvalue weighted by Gasteiger charge is 2.51. The van der Waals surface area contributed by atoms with Gasteiger partial charge in [0, 0.05) is 0 Å². The van der Waals surface area contributed by atoms with E-state index in [0.717, 1.165) is 0 Å². The van der Waals surface area contributed by atoms with Gasteiger partial charge < -0.3 is 9.31 Å². The van der Waals surface area contributed by atoms with Crippen LogP contribution in [0, 0.1) is 12.7 Å². The minimum atomic E-state index is -3.89. The number of hydrogen-bond acceptors (Lipinski definition) is 4. The zero-order chi connectivity index (χ0) is 20.0. The maximum atomic E-state index is 14.6. The van der Waals surface area contributed by atoms with E-state index in [0.29, 0.717) is 11.0 Å². The summed E-state index contributed by atoms with van der Waals surface area (Å²) in [6.45, 7) is 9.33. The SMILES string of the molecule is Cc1ccccc1S(=O)(=O)Nc1ccc(B2OC(C)(C)C(C)(C)O2)cc1F. The molecule has 2 aromatic rings. The molecule has 3 rings (SSSR count). The van der Waals surface area contributed by atoms with Crippen molar-refractivity contribution in [2.75, 3.05) is 4.72 Å². The van der Waals surface area contributed by atoms with Crippen LogP contribution >= 0.6 is 0 Å². The molecule has 0 amide bonds. The average molecular weight is 391 g/mol. The summed E-state index contributed by atoms with van der Waals surface area (Å²) in [4.78, 5) is 0.111. The van der Waals surface area contributed by atoms with Gasteiger partial charge in [-0.2, -0.15) is 0 Å². The fraction of sp³-hybridized carbons (Fsp3) is 0.368. The summed E-state index contributed by atoms with van der Waals surface area (Å²) in [6, 6.07) is 10.7. The van der Waals surface area contributed by atoms with Crippen molar-refractivity contribution in [2.24, 2.45) is 0 Å². The molecule has 0 saturated carbocycles. The summed E-state index contributed by atoms with van der Waals surface area (Å²) in [5, 5.41) is 0. The molecule has 0 aromatic heterocycles. The molecule has 0 radical (unpaired) electrons. The molecule has 1 fully saturated rings. The van der Waals surface area contributed by atoms with Gasteiger partial charge in [0.05, 0.1) is 21.8 Å². The Morgan fingerprint density at radius 3 is 2.15 bits per heavy atom. The van der Waals surface area contributed by atoms with Gasteiger partial charge in [-0.05, 0) is 63.8 Å². The zero-order valence-corrected chi connectivity index (χ0v) is 16.9. The third-order valence-corrected chi connectivity index (χ3v) is 6.67. The average Bonchev–Trinajstić information content (AvgIpc) is 2.77. The quantitative estimate of drug-likeness (QED) is 0.813. The highest BCUT2D eigenvalue weighted by atomic mass is 32.2. The number of rotatable bonds is 4. The summed E-state index contributed by atoms with van der Waals surface area (Å²) < 4.78 is 53.8. The van der Waals surface area contributed by atoms with Crippen molar-refractivity contribution in [1.82, 2.24) is 0 Å². The molecule has 1 N–H and O–H groups in total. The Bertz CT molecular complexity index is 959. The minimum absolute atomic E-state index is 0.111. The van der Waals surface area contributed by atoms with Gasteiger partial charge in [0.2, 0.25) is 0 Å². The van der Waals surface area contributed by atoms with Crippen molar-refractivity contribution >= 4 is 28.3 Å². The molecule has 1 aliphatic rings. The van der Waals surface area contributed by atoms with Gasteiger partial charge in [0.15, 0.2) is 0 Å². The molecule has 0 atom stereocenters. The smallest absolute Gasteiger partial charge is 0.399 e. The van der Waals surface area contributed by atoms with E-state index in [1.54, 1.807) is 31.2 Å². The van der Waals surface area contributed by atoms with E-state index in [-0.39, 0.29) is 10.6 Å². The summed E-state index contributed by atoms with van der Waals surface area (Å²) >= 11 is 0. The van der Waals surface area contributed by atoms with Gasteiger partial charge >= 0.3 is 7.12 Å². The van der Waals surface area contributed by atoms with Gasteiger partial charge in [-0.3, -0.25) is 4.72 Å². The Labute approximate surface area is 160 Å². The topological polar surface area (TPSA) is 64.6 Å². The molecule has 1 heterocycles. The monoisotopic (exact) mass is 391 g/mol. The number of nitrogens with one attached hydrogen (secondary N) is 1. The summed E-state index contributed by atoms with van der Waals surface area (Å²) in [7, 11) is -4.60. The van der Waals surface area contributed by atoms with Crippen LogP contribution in [0.25, 0.3) is 0 Å². The van der Waals surface area contributed by atoms with Gasteiger partial charge in [-0.15, -0.1) is 0 Å². The molecular weight excluding hydrogens is 368 g/mol. The first-order chi connectivity index (χ1) is 12.4. The predicted molar refractivity (Wildman–Crippen MR) is 104 cm³/mol. The Morgan fingerprint density at radius 2 is 1.59 bits per heavy atom. The second kappa shape index (κ2) is 6.62. The summed E-state index contributed by atoms with van der Waals surface area (Å²) in [5.74, 6) is -0.695. The Hall–Kier alpha value is -1.90.